The number of benzene rings is 2. The molecule has 4 N–H and O–H groups in total. The SMILES string of the molecule is C=C(Nc1ccc(C2CCN(C)CC2)cc1)c1c(/C=C(\N)c2cccc(OC)c2)cc[nH]c1=O. The van der Waals surface area contributed by atoms with Crippen molar-refractivity contribution in [2.24, 2.45) is 5.73 Å². The van der Waals surface area contributed by atoms with Gasteiger partial charge in [0, 0.05) is 28.8 Å². The molecule has 1 aromatic heterocycles. The molecule has 0 bridgehead atoms. The number of hydrogen-bond donors (Lipinski definition) is 3. The maximum Gasteiger partial charge on any atom is 0.257 e. The molecule has 1 aliphatic rings. The van der Waals surface area contributed by atoms with Crippen LogP contribution < -0.4 is 21.3 Å². The smallest absolute Gasteiger partial charge is 0.257 e. The van der Waals surface area contributed by atoms with E-state index in [9.17, 15) is 4.79 Å². The second-order valence-corrected chi connectivity index (χ2v) is 8.77. The summed E-state index contributed by atoms with van der Waals surface area (Å²) in [6.45, 7) is 6.41. The highest BCUT2D eigenvalue weighted by Gasteiger charge is 2.18. The van der Waals surface area contributed by atoms with Crippen molar-refractivity contribution in [1.82, 2.24) is 9.88 Å². The Morgan fingerprint density at radius 3 is 2.62 bits per heavy atom. The minimum Gasteiger partial charge on any atom is -0.497 e. The molecule has 6 nitrogen and oxygen atoms in total. The van der Waals surface area contributed by atoms with Gasteiger partial charge in [0.2, 0.25) is 0 Å². The summed E-state index contributed by atoms with van der Waals surface area (Å²) >= 11 is 0. The van der Waals surface area contributed by atoms with Gasteiger partial charge in [-0.3, -0.25) is 4.79 Å². The molecule has 0 saturated carbocycles. The molecule has 2 heterocycles. The van der Waals surface area contributed by atoms with Crippen LogP contribution in [0.2, 0.25) is 0 Å². The van der Waals surface area contributed by atoms with Crippen LogP contribution in [0.4, 0.5) is 5.69 Å². The molecule has 1 saturated heterocycles. The molecule has 0 unspecified atom stereocenters. The molecule has 176 valence electrons. The fourth-order valence-electron chi connectivity index (χ4n) is 4.40. The van der Waals surface area contributed by atoms with Crippen molar-refractivity contribution in [1.29, 1.82) is 0 Å². The van der Waals surface area contributed by atoms with E-state index in [2.05, 4.69) is 53.1 Å². The first kappa shape index (κ1) is 23.4. The molecule has 0 atom stereocenters. The number of aromatic amines is 1. The molecular weight excluding hydrogens is 424 g/mol. The average Bonchev–Trinajstić information content (AvgIpc) is 2.85. The number of nitrogens with zero attached hydrogens (tertiary/aromatic N) is 1. The van der Waals surface area contributed by atoms with Crippen LogP contribution in [0, 0.1) is 0 Å². The second-order valence-electron chi connectivity index (χ2n) is 8.77. The summed E-state index contributed by atoms with van der Waals surface area (Å²) in [5.41, 5.74) is 11.4. The zero-order valence-electron chi connectivity index (χ0n) is 19.8. The van der Waals surface area contributed by atoms with Crippen LogP contribution in [0.5, 0.6) is 5.75 Å². The van der Waals surface area contributed by atoms with Crippen LogP contribution in [0.1, 0.15) is 41.0 Å². The van der Waals surface area contributed by atoms with E-state index < -0.39 is 0 Å². The van der Waals surface area contributed by atoms with E-state index in [-0.39, 0.29) is 5.56 Å². The minimum atomic E-state index is -0.229. The summed E-state index contributed by atoms with van der Waals surface area (Å²) in [5.74, 6) is 1.32. The molecule has 3 aromatic rings. The molecule has 4 rings (SSSR count). The molecule has 0 spiro atoms. The highest BCUT2D eigenvalue weighted by molar-refractivity contribution is 5.86. The van der Waals surface area contributed by atoms with Gasteiger partial charge in [-0.2, -0.15) is 0 Å². The van der Waals surface area contributed by atoms with E-state index in [4.69, 9.17) is 10.5 Å². The van der Waals surface area contributed by atoms with Gasteiger partial charge in [0.25, 0.3) is 5.56 Å². The second kappa shape index (κ2) is 10.4. The zero-order chi connectivity index (χ0) is 24.1. The molecule has 2 aromatic carbocycles. The van der Waals surface area contributed by atoms with Crippen molar-refractivity contribution in [3.05, 3.63) is 100.0 Å². The van der Waals surface area contributed by atoms with Gasteiger partial charge in [-0.05, 0) is 86.4 Å². The molecular formula is C28H32N4O2. The maximum atomic E-state index is 12.7. The predicted molar refractivity (Wildman–Crippen MR) is 141 cm³/mol. The molecule has 34 heavy (non-hydrogen) atoms. The first-order chi connectivity index (χ1) is 16.4. The summed E-state index contributed by atoms with van der Waals surface area (Å²) in [6, 6.07) is 17.8. The summed E-state index contributed by atoms with van der Waals surface area (Å²) in [6.07, 6.45) is 5.76. The number of anilines is 1. The molecule has 0 aliphatic carbocycles. The third-order valence-electron chi connectivity index (χ3n) is 6.40. The van der Waals surface area contributed by atoms with Crippen LogP contribution >= 0.6 is 0 Å². The number of pyridine rings is 1. The Bertz CT molecular complexity index is 1240. The summed E-state index contributed by atoms with van der Waals surface area (Å²) in [5, 5.41) is 3.30. The summed E-state index contributed by atoms with van der Waals surface area (Å²) < 4.78 is 5.29. The van der Waals surface area contributed by atoms with E-state index in [1.54, 1.807) is 19.4 Å². The van der Waals surface area contributed by atoms with E-state index in [0.29, 0.717) is 28.4 Å². The van der Waals surface area contributed by atoms with E-state index in [1.165, 1.54) is 18.4 Å². The summed E-state index contributed by atoms with van der Waals surface area (Å²) in [7, 11) is 3.79. The van der Waals surface area contributed by atoms with Gasteiger partial charge >= 0.3 is 0 Å². The van der Waals surface area contributed by atoms with Crippen molar-refractivity contribution < 1.29 is 4.74 Å². The lowest BCUT2D eigenvalue weighted by Crippen LogP contribution is -2.29. The third-order valence-corrected chi connectivity index (χ3v) is 6.40. The number of aromatic nitrogens is 1. The van der Waals surface area contributed by atoms with Crippen molar-refractivity contribution in [2.75, 3.05) is 32.6 Å². The van der Waals surface area contributed by atoms with Crippen LogP contribution in [0.25, 0.3) is 17.5 Å². The first-order valence-electron chi connectivity index (χ1n) is 11.5. The number of rotatable bonds is 7. The van der Waals surface area contributed by atoms with Crippen molar-refractivity contribution in [2.45, 2.75) is 18.8 Å². The molecule has 6 heteroatoms. The van der Waals surface area contributed by atoms with Gasteiger partial charge in [0.15, 0.2) is 0 Å². The molecule has 0 radical (unpaired) electrons. The van der Waals surface area contributed by atoms with Gasteiger partial charge in [-0.1, -0.05) is 30.8 Å². The topological polar surface area (TPSA) is 83.4 Å². The number of H-pyrrole nitrogens is 1. The predicted octanol–water partition coefficient (Wildman–Crippen LogP) is 4.73. The number of nitrogens with one attached hydrogen (secondary N) is 2. The molecule has 1 aliphatic heterocycles. The summed E-state index contributed by atoms with van der Waals surface area (Å²) in [4.78, 5) is 17.8. The number of piperidine rings is 1. The standard InChI is InChI=1S/C28H32N4O2/c1-19(31-24-9-7-20(8-10-24)21-12-15-32(2)16-13-21)27-23(11-14-30-28(27)33)18-26(29)22-5-4-6-25(17-22)34-3/h4-11,14,17-18,21,31H,1,12-13,15-16,29H2,2-3H3,(H,30,33)/b26-18-. The first-order valence-corrected chi connectivity index (χ1v) is 11.5. The fourth-order valence-corrected chi connectivity index (χ4v) is 4.40. The van der Waals surface area contributed by atoms with E-state index in [0.717, 1.165) is 30.1 Å². The molecule has 0 amide bonds. The third kappa shape index (κ3) is 5.41. The Kier molecular flexibility index (Phi) is 7.18. The van der Waals surface area contributed by atoms with Crippen LogP contribution in [0.3, 0.4) is 0 Å². The quantitative estimate of drug-likeness (QED) is 0.479. The van der Waals surface area contributed by atoms with Crippen LogP contribution in [-0.2, 0) is 0 Å². The lowest BCUT2D eigenvalue weighted by molar-refractivity contribution is 0.255. The Hall–Kier alpha value is -3.77. The van der Waals surface area contributed by atoms with Gasteiger partial charge in [-0.15, -0.1) is 0 Å². The lowest BCUT2D eigenvalue weighted by Gasteiger charge is -2.29. The average molecular weight is 457 g/mol. The van der Waals surface area contributed by atoms with Gasteiger partial charge in [0.1, 0.15) is 5.75 Å². The Balaban J connectivity index is 1.54. The number of hydrogen-bond acceptors (Lipinski definition) is 5. The van der Waals surface area contributed by atoms with Crippen LogP contribution in [-0.4, -0.2) is 37.1 Å². The molecule has 1 fully saturated rings. The van der Waals surface area contributed by atoms with Crippen LogP contribution in [0.15, 0.2) is 72.2 Å². The minimum absolute atomic E-state index is 0.229. The monoisotopic (exact) mass is 456 g/mol. The Morgan fingerprint density at radius 2 is 1.91 bits per heavy atom. The normalized spacial score (nSPS) is 15.2. The van der Waals surface area contributed by atoms with Gasteiger partial charge in [0.05, 0.1) is 12.7 Å². The van der Waals surface area contributed by atoms with Crippen molar-refractivity contribution >= 4 is 23.2 Å². The highest BCUT2D eigenvalue weighted by atomic mass is 16.5. The lowest BCUT2D eigenvalue weighted by atomic mass is 9.89. The van der Waals surface area contributed by atoms with Gasteiger partial charge in [-0.25, -0.2) is 0 Å². The number of ether oxygens (including phenoxy) is 1. The highest BCUT2D eigenvalue weighted by Crippen LogP contribution is 2.29. The van der Waals surface area contributed by atoms with E-state index >= 15 is 0 Å². The Morgan fingerprint density at radius 1 is 1.18 bits per heavy atom. The largest absolute Gasteiger partial charge is 0.497 e. The number of nitrogens with two attached hydrogens (primary N) is 1. The van der Waals surface area contributed by atoms with Crippen molar-refractivity contribution in [3.63, 3.8) is 0 Å². The van der Waals surface area contributed by atoms with E-state index in [1.807, 2.05) is 30.3 Å². The number of likely N-dealkylation sites (tertiary alicyclic amines) is 1. The maximum absolute atomic E-state index is 12.7. The Labute approximate surface area is 200 Å². The van der Waals surface area contributed by atoms with Crippen molar-refractivity contribution in [3.8, 4) is 5.75 Å². The number of methoxy groups -OCH3 is 1. The zero-order valence-corrected chi connectivity index (χ0v) is 19.8. The van der Waals surface area contributed by atoms with Gasteiger partial charge < -0.3 is 25.7 Å². The fraction of sp³-hybridized carbons (Fsp3) is 0.250.